The van der Waals surface area contributed by atoms with E-state index in [1.807, 2.05) is 13.8 Å². The van der Waals surface area contributed by atoms with E-state index in [0.29, 0.717) is 5.75 Å². The van der Waals surface area contributed by atoms with Crippen LogP contribution in [-0.4, -0.2) is 40.4 Å². The van der Waals surface area contributed by atoms with Crippen molar-refractivity contribution in [2.24, 2.45) is 5.92 Å². The summed E-state index contributed by atoms with van der Waals surface area (Å²) < 4.78 is 37.4. The molecule has 0 spiro atoms. The van der Waals surface area contributed by atoms with Gasteiger partial charge in [0, 0.05) is 12.1 Å². The first-order valence-corrected chi connectivity index (χ1v) is 7.69. The lowest BCUT2D eigenvalue weighted by molar-refractivity contribution is 0.227. The summed E-state index contributed by atoms with van der Waals surface area (Å²) in [7, 11) is -0.957. The number of ether oxygens (including phenoxy) is 2. The maximum absolute atomic E-state index is 12.4. The zero-order valence-electron chi connectivity index (χ0n) is 12.1. The lowest BCUT2D eigenvalue weighted by atomic mass is 10.1. The Morgan fingerprint density at radius 2 is 1.90 bits per heavy atom. The smallest absolute Gasteiger partial charge is 0.244 e. The summed E-state index contributed by atoms with van der Waals surface area (Å²) in [5, 5.41) is 9.25. The van der Waals surface area contributed by atoms with Crippen molar-refractivity contribution in [2.75, 3.05) is 20.8 Å². The molecular formula is C13H21NO5S. The van der Waals surface area contributed by atoms with E-state index in [1.54, 1.807) is 6.07 Å². The normalized spacial score (nSPS) is 13.3. The second kappa shape index (κ2) is 6.92. The van der Waals surface area contributed by atoms with E-state index in [4.69, 9.17) is 9.47 Å². The van der Waals surface area contributed by atoms with Crippen LogP contribution in [0.5, 0.6) is 11.5 Å². The Labute approximate surface area is 119 Å². The molecule has 1 atom stereocenters. The summed E-state index contributed by atoms with van der Waals surface area (Å²) in [6.07, 6.45) is 0. The molecular weight excluding hydrogens is 282 g/mol. The molecule has 1 rings (SSSR count). The van der Waals surface area contributed by atoms with Crippen LogP contribution in [0, 0.1) is 5.92 Å². The Morgan fingerprint density at radius 3 is 2.35 bits per heavy atom. The number of methoxy groups -OCH3 is 2. The van der Waals surface area contributed by atoms with Gasteiger partial charge in [-0.2, -0.15) is 0 Å². The van der Waals surface area contributed by atoms with Gasteiger partial charge in [-0.1, -0.05) is 13.8 Å². The average molecular weight is 303 g/mol. The van der Waals surface area contributed by atoms with Crippen LogP contribution < -0.4 is 14.2 Å². The lowest BCUT2D eigenvalue weighted by Crippen LogP contribution is -2.41. The largest absolute Gasteiger partial charge is 0.497 e. The molecule has 0 radical (unpaired) electrons. The maximum atomic E-state index is 12.4. The highest BCUT2D eigenvalue weighted by Gasteiger charge is 2.25. The van der Waals surface area contributed by atoms with Crippen molar-refractivity contribution < 1.29 is 23.0 Å². The molecule has 0 fully saturated rings. The highest BCUT2D eigenvalue weighted by Crippen LogP contribution is 2.28. The van der Waals surface area contributed by atoms with Gasteiger partial charge in [0.1, 0.15) is 16.4 Å². The average Bonchev–Trinajstić information content (AvgIpc) is 2.43. The van der Waals surface area contributed by atoms with Gasteiger partial charge in [-0.05, 0) is 18.1 Å². The van der Waals surface area contributed by atoms with E-state index in [2.05, 4.69) is 4.72 Å². The topological polar surface area (TPSA) is 84.9 Å². The Balaban J connectivity index is 3.20. The number of hydrogen-bond donors (Lipinski definition) is 2. The molecule has 20 heavy (non-hydrogen) atoms. The molecule has 2 N–H and O–H groups in total. The number of aliphatic hydroxyl groups is 1. The molecule has 1 aromatic carbocycles. The molecule has 6 nitrogen and oxygen atoms in total. The molecule has 7 heteroatoms. The minimum absolute atomic E-state index is 0.0153. The molecule has 0 heterocycles. The highest BCUT2D eigenvalue weighted by atomic mass is 32.2. The van der Waals surface area contributed by atoms with Crippen LogP contribution in [0.4, 0.5) is 0 Å². The first-order chi connectivity index (χ1) is 9.35. The van der Waals surface area contributed by atoms with Crippen LogP contribution in [0.15, 0.2) is 23.1 Å². The van der Waals surface area contributed by atoms with Crippen molar-refractivity contribution in [2.45, 2.75) is 24.8 Å². The number of sulfonamides is 1. The Morgan fingerprint density at radius 1 is 1.25 bits per heavy atom. The number of rotatable bonds is 7. The van der Waals surface area contributed by atoms with E-state index in [0.717, 1.165) is 0 Å². The van der Waals surface area contributed by atoms with Crippen molar-refractivity contribution in [3.8, 4) is 11.5 Å². The van der Waals surface area contributed by atoms with Crippen molar-refractivity contribution in [3.05, 3.63) is 18.2 Å². The zero-order chi connectivity index (χ0) is 15.3. The lowest BCUT2D eigenvalue weighted by Gasteiger charge is -2.20. The number of aliphatic hydroxyl groups excluding tert-OH is 1. The quantitative estimate of drug-likeness (QED) is 0.785. The Bertz CT molecular complexity index is 542. The monoisotopic (exact) mass is 303 g/mol. The van der Waals surface area contributed by atoms with Crippen LogP contribution >= 0.6 is 0 Å². The third kappa shape index (κ3) is 3.84. The number of hydrogen-bond acceptors (Lipinski definition) is 5. The van der Waals surface area contributed by atoms with Gasteiger partial charge in [-0.3, -0.25) is 0 Å². The summed E-state index contributed by atoms with van der Waals surface area (Å²) >= 11 is 0. The molecule has 0 aliphatic carbocycles. The molecule has 0 aliphatic rings. The first kappa shape index (κ1) is 16.7. The van der Waals surface area contributed by atoms with Crippen LogP contribution in [0.3, 0.4) is 0 Å². The highest BCUT2D eigenvalue weighted by molar-refractivity contribution is 7.89. The molecule has 0 bridgehead atoms. The predicted octanol–water partition coefficient (Wildman–Crippen LogP) is 0.999. The second-order valence-electron chi connectivity index (χ2n) is 4.67. The van der Waals surface area contributed by atoms with Gasteiger partial charge in [0.05, 0.1) is 20.8 Å². The van der Waals surface area contributed by atoms with Gasteiger partial charge in [0.2, 0.25) is 10.0 Å². The summed E-state index contributed by atoms with van der Waals surface area (Å²) in [6, 6.07) is 3.96. The van der Waals surface area contributed by atoms with Gasteiger partial charge in [-0.15, -0.1) is 0 Å². The van der Waals surface area contributed by atoms with Gasteiger partial charge in [-0.25, -0.2) is 13.1 Å². The molecule has 0 aromatic heterocycles. The summed E-state index contributed by atoms with van der Waals surface area (Å²) in [5.41, 5.74) is 0. The summed E-state index contributed by atoms with van der Waals surface area (Å²) in [6.45, 7) is 3.38. The van der Waals surface area contributed by atoms with Crippen molar-refractivity contribution in [1.29, 1.82) is 0 Å². The van der Waals surface area contributed by atoms with Crippen molar-refractivity contribution >= 4 is 10.0 Å². The fourth-order valence-electron chi connectivity index (χ4n) is 1.64. The fourth-order valence-corrected chi connectivity index (χ4v) is 3.20. The molecule has 0 aliphatic heterocycles. The van der Waals surface area contributed by atoms with Crippen molar-refractivity contribution in [3.63, 3.8) is 0 Å². The first-order valence-electron chi connectivity index (χ1n) is 6.21. The van der Waals surface area contributed by atoms with E-state index in [-0.39, 0.29) is 23.2 Å². The molecule has 114 valence electrons. The Kier molecular flexibility index (Phi) is 5.79. The second-order valence-corrected chi connectivity index (χ2v) is 6.35. The fraction of sp³-hybridized carbons (Fsp3) is 0.538. The standard InChI is InChI=1S/C13H21NO5S/c1-9(2)11(8-15)14-20(16,17)13-7-10(18-3)5-6-12(13)19-4/h5-7,9,11,14-15H,8H2,1-4H3. The molecule has 1 aromatic rings. The van der Waals surface area contributed by atoms with E-state index in [9.17, 15) is 13.5 Å². The zero-order valence-corrected chi connectivity index (χ0v) is 12.9. The van der Waals surface area contributed by atoms with Gasteiger partial charge in [0.15, 0.2) is 0 Å². The number of benzene rings is 1. The van der Waals surface area contributed by atoms with Crippen LogP contribution in [-0.2, 0) is 10.0 Å². The van der Waals surface area contributed by atoms with E-state index < -0.39 is 16.1 Å². The van der Waals surface area contributed by atoms with E-state index in [1.165, 1.54) is 26.4 Å². The molecule has 1 unspecified atom stereocenters. The van der Waals surface area contributed by atoms with Crippen LogP contribution in [0.1, 0.15) is 13.8 Å². The Hall–Kier alpha value is -1.31. The molecule has 0 saturated carbocycles. The van der Waals surface area contributed by atoms with Gasteiger partial charge in [0.25, 0.3) is 0 Å². The minimum Gasteiger partial charge on any atom is -0.497 e. The summed E-state index contributed by atoms with van der Waals surface area (Å²) in [5.74, 6) is 0.599. The van der Waals surface area contributed by atoms with Gasteiger partial charge < -0.3 is 14.6 Å². The third-order valence-corrected chi connectivity index (χ3v) is 4.48. The summed E-state index contributed by atoms with van der Waals surface area (Å²) in [4.78, 5) is -0.0153. The number of nitrogens with one attached hydrogen (secondary N) is 1. The maximum Gasteiger partial charge on any atom is 0.244 e. The molecule has 0 saturated heterocycles. The van der Waals surface area contributed by atoms with Crippen LogP contribution in [0.25, 0.3) is 0 Å². The van der Waals surface area contributed by atoms with E-state index >= 15 is 0 Å². The molecule has 0 amide bonds. The third-order valence-electron chi connectivity index (χ3n) is 2.97. The predicted molar refractivity (Wildman–Crippen MR) is 75.6 cm³/mol. The SMILES string of the molecule is COc1ccc(OC)c(S(=O)(=O)NC(CO)C(C)C)c1. The van der Waals surface area contributed by atoms with Gasteiger partial charge >= 0.3 is 0 Å². The minimum atomic E-state index is -3.81. The van der Waals surface area contributed by atoms with Crippen LogP contribution in [0.2, 0.25) is 0 Å². The van der Waals surface area contributed by atoms with Crippen molar-refractivity contribution in [1.82, 2.24) is 4.72 Å².